The number of pyridine rings is 1. The second-order valence-corrected chi connectivity index (χ2v) is 4.68. The number of hydrogen-bond acceptors (Lipinski definition) is 3. The standard InChI is InChI=1S/C16H21NO2/c1-3-6-15(19-4-2)16(18)13-8-9-14-12(11-13)7-5-10-17-14/h5,7-11,15-16,18H,3-4,6H2,1-2H3. The van der Waals surface area contributed by atoms with E-state index in [9.17, 15) is 5.11 Å². The van der Waals surface area contributed by atoms with Crippen molar-refractivity contribution in [2.24, 2.45) is 0 Å². The van der Waals surface area contributed by atoms with E-state index in [1.165, 1.54) is 0 Å². The zero-order valence-corrected chi connectivity index (χ0v) is 11.5. The second-order valence-electron chi connectivity index (χ2n) is 4.68. The maximum absolute atomic E-state index is 10.5. The quantitative estimate of drug-likeness (QED) is 0.863. The number of aliphatic hydroxyl groups excluding tert-OH is 1. The van der Waals surface area contributed by atoms with Crippen molar-refractivity contribution in [3.05, 3.63) is 42.1 Å². The molecule has 2 atom stereocenters. The Morgan fingerprint density at radius 2 is 2.11 bits per heavy atom. The fraction of sp³-hybridized carbons (Fsp3) is 0.438. The molecule has 102 valence electrons. The minimum absolute atomic E-state index is 0.135. The smallest absolute Gasteiger partial charge is 0.105 e. The van der Waals surface area contributed by atoms with Gasteiger partial charge in [0.2, 0.25) is 0 Å². The zero-order valence-electron chi connectivity index (χ0n) is 11.5. The number of aliphatic hydroxyl groups is 1. The molecule has 0 aliphatic carbocycles. The largest absolute Gasteiger partial charge is 0.386 e. The van der Waals surface area contributed by atoms with Crippen molar-refractivity contribution in [3.63, 3.8) is 0 Å². The highest BCUT2D eigenvalue weighted by Gasteiger charge is 2.20. The molecule has 0 bridgehead atoms. The Labute approximate surface area is 114 Å². The van der Waals surface area contributed by atoms with Crippen molar-refractivity contribution < 1.29 is 9.84 Å². The molecule has 19 heavy (non-hydrogen) atoms. The summed E-state index contributed by atoms with van der Waals surface area (Å²) in [5.41, 5.74) is 1.84. The van der Waals surface area contributed by atoms with Crippen LogP contribution in [0.2, 0.25) is 0 Å². The molecule has 1 aromatic heterocycles. The lowest BCUT2D eigenvalue weighted by Crippen LogP contribution is -2.22. The van der Waals surface area contributed by atoms with Crippen molar-refractivity contribution >= 4 is 10.9 Å². The molecule has 3 nitrogen and oxygen atoms in total. The molecule has 2 unspecified atom stereocenters. The van der Waals surface area contributed by atoms with Gasteiger partial charge in [-0.3, -0.25) is 4.98 Å². The van der Waals surface area contributed by atoms with Gasteiger partial charge in [0.05, 0.1) is 11.6 Å². The van der Waals surface area contributed by atoms with Gasteiger partial charge in [-0.2, -0.15) is 0 Å². The van der Waals surface area contributed by atoms with Crippen molar-refractivity contribution in [2.45, 2.75) is 38.9 Å². The summed E-state index contributed by atoms with van der Waals surface area (Å²) in [6.07, 6.45) is 2.92. The van der Waals surface area contributed by atoms with E-state index >= 15 is 0 Å². The highest BCUT2D eigenvalue weighted by molar-refractivity contribution is 5.79. The summed E-state index contributed by atoms with van der Waals surface area (Å²) in [5.74, 6) is 0. The van der Waals surface area contributed by atoms with Gasteiger partial charge in [0, 0.05) is 18.2 Å². The Kier molecular flexibility index (Phi) is 4.88. The lowest BCUT2D eigenvalue weighted by atomic mass is 9.99. The first-order valence-corrected chi connectivity index (χ1v) is 6.90. The molecule has 0 aliphatic heterocycles. The van der Waals surface area contributed by atoms with Crippen molar-refractivity contribution in [2.75, 3.05) is 6.61 Å². The molecule has 0 saturated carbocycles. The maximum Gasteiger partial charge on any atom is 0.105 e. The predicted molar refractivity (Wildman–Crippen MR) is 77.0 cm³/mol. The SMILES string of the molecule is CCCC(OCC)C(O)c1ccc2ncccc2c1. The molecular weight excluding hydrogens is 238 g/mol. The fourth-order valence-electron chi connectivity index (χ4n) is 2.32. The van der Waals surface area contributed by atoms with Crippen LogP contribution in [0.25, 0.3) is 10.9 Å². The van der Waals surface area contributed by atoms with Gasteiger partial charge in [-0.05, 0) is 37.1 Å². The van der Waals surface area contributed by atoms with E-state index in [-0.39, 0.29) is 6.10 Å². The fourth-order valence-corrected chi connectivity index (χ4v) is 2.32. The Morgan fingerprint density at radius 1 is 1.26 bits per heavy atom. The minimum atomic E-state index is -0.579. The van der Waals surface area contributed by atoms with Crippen LogP contribution in [0.5, 0.6) is 0 Å². The Hall–Kier alpha value is -1.45. The summed E-state index contributed by atoms with van der Waals surface area (Å²) >= 11 is 0. The molecule has 0 spiro atoms. The Balaban J connectivity index is 2.26. The first-order chi connectivity index (χ1) is 9.26. The third-order valence-corrected chi connectivity index (χ3v) is 3.27. The molecule has 1 aromatic carbocycles. The number of fused-ring (bicyclic) bond motifs is 1. The third kappa shape index (κ3) is 3.31. The predicted octanol–water partition coefficient (Wildman–Crippen LogP) is 3.47. The summed E-state index contributed by atoms with van der Waals surface area (Å²) in [6, 6.07) is 9.79. The minimum Gasteiger partial charge on any atom is -0.386 e. The summed E-state index contributed by atoms with van der Waals surface area (Å²) in [4.78, 5) is 4.29. The van der Waals surface area contributed by atoms with Crippen LogP contribution in [0.3, 0.4) is 0 Å². The highest BCUT2D eigenvalue weighted by atomic mass is 16.5. The maximum atomic E-state index is 10.5. The molecule has 3 heteroatoms. The Bertz CT molecular complexity index is 521. The average molecular weight is 259 g/mol. The molecule has 0 radical (unpaired) electrons. The summed E-state index contributed by atoms with van der Waals surface area (Å²) < 4.78 is 5.65. The van der Waals surface area contributed by atoms with Gasteiger partial charge in [0.1, 0.15) is 6.10 Å². The van der Waals surface area contributed by atoms with Gasteiger partial charge in [0.15, 0.2) is 0 Å². The number of benzene rings is 1. The van der Waals surface area contributed by atoms with Gasteiger partial charge in [-0.25, -0.2) is 0 Å². The number of nitrogens with zero attached hydrogens (tertiary/aromatic N) is 1. The van der Waals surface area contributed by atoms with Crippen LogP contribution >= 0.6 is 0 Å². The van der Waals surface area contributed by atoms with Crippen LogP contribution in [-0.4, -0.2) is 22.8 Å². The van der Waals surface area contributed by atoms with Crippen LogP contribution in [0.1, 0.15) is 38.4 Å². The normalized spacial score (nSPS) is 14.5. The number of ether oxygens (including phenoxy) is 1. The second kappa shape index (κ2) is 6.64. The van der Waals surface area contributed by atoms with Gasteiger partial charge >= 0.3 is 0 Å². The summed E-state index contributed by atoms with van der Waals surface area (Å²) in [5, 5.41) is 11.5. The molecule has 1 N–H and O–H groups in total. The van der Waals surface area contributed by atoms with Gasteiger partial charge in [0.25, 0.3) is 0 Å². The molecule has 2 rings (SSSR count). The van der Waals surface area contributed by atoms with Gasteiger partial charge < -0.3 is 9.84 Å². The van der Waals surface area contributed by atoms with E-state index in [4.69, 9.17) is 4.74 Å². The van der Waals surface area contributed by atoms with Gasteiger partial charge in [-0.1, -0.05) is 25.5 Å². The van der Waals surface area contributed by atoms with E-state index in [2.05, 4.69) is 11.9 Å². The monoisotopic (exact) mass is 259 g/mol. The summed E-state index contributed by atoms with van der Waals surface area (Å²) in [6.45, 7) is 4.68. The van der Waals surface area contributed by atoms with Crippen LogP contribution in [0, 0.1) is 0 Å². The zero-order chi connectivity index (χ0) is 13.7. The number of aromatic nitrogens is 1. The molecule has 0 aliphatic rings. The molecule has 1 heterocycles. The molecule has 0 fully saturated rings. The van der Waals surface area contributed by atoms with E-state index in [0.717, 1.165) is 29.3 Å². The van der Waals surface area contributed by atoms with Crippen molar-refractivity contribution in [1.82, 2.24) is 4.98 Å². The number of hydrogen-bond donors (Lipinski definition) is 1. The van der Waals surface area contributed by atoms with E-state index in [0.29, 0.717) is 6.61 Å². The third-order valence-electron chi connectivity index (χ3n) is 3.27. The average Bonchev–Trinajstić information content (AvgIpc) is 2.46. The first kappa shape index (κ1) is 14.0. The van der Waals surface area contributed by atoms with E-state index in [1.807, 2.05) is 37.3 Å². The van der Waals surface area contributed by atoms with E-state index < -0.39 is 6.10 Å². The topological polar surface area (TPSA) is 42.4 Å². The first-order valence-electron chi connectivity index (χ1n) is 6.90. The molecule has 2 aromatic rings. The highest BCUT2D eigenvalue weighted by Crippen LogP contribution is 2.25. The van der Waals surface area contributed by atoms with Crippen LogP contribution in [0.4, 0.5) is 0 Å². The lowest BCUT2D eigenvalue weighted by Gasteiger charge is -2.23. The summed E-state index contributed by atoms with van der Waals surface area (Å²) in [7, 11) is 0. The number of rotatable bonds is 6. The van der Waals surface area contributed by atoms with Crippen LogP contribution in [0.15, 0.2) is 36.5 Å². The van der Waals surface area contributed by atoms with Crippen molar-refractivity contribution in [3.8, 4) is 0 Å². The lowest BCUT2D eigenvalue weighted by molar-refractivity contribution is -0.0384. The van der Waals surface area contributed by atoms with Crippen molar-refractivity contribution in [1.29, 1.82) is 0 Å². The Morgan fingerprint density at radius 3 is 2.84 bits per heavy atom. The van der Waals surface area contributed by atoms with Crippen LogP contribution in [-0.2, 0) is 4.74 Å². The molecule has 0 amide bonds. The molecular formula is C16H21NO2. The molecule has 0 saturated heterocycles. The van der Waals surface area contributed by atoms with Gasteiger partial charge in [-0.15, -0.1) is 0 Å². The van der Waals surface area contributed by atoms with Crippen LogP contribution < -0.4 is 0 Å². The van der Waals surface area contributed by atoms with E-state index in [1.54, 1.807) is 6.20 Å².